The Kier molecular flexibility index (Phi) is 5.75. The summed E-state index contributed by atoms with van der Waals surface area (Å²) in [7, 11) is 0. The number of likely N-dealkylation sites (tertiary alicyclic amines) is 1. The van der Waals surface area contributed by atoms with Gasteiger partial charge in [0.15, 0.2) is 0 Å². The van der Waals surface area contributed by atoms with Crippen molar-refractivity contribution in [3.63, 3.8) is 0 Å². The van der Waals surface area contributed by atoms with Gasteiger partial charge in [-0.3, -0.25) is 14.8 Å². The lowest BCUT2D eigenvalue weighted by Gasteiger charge is -2.39. The van der Waals surface area contributed by atoms with Crippen LogP contribution in [0.4, 0.5) is 0 Å². The topological polar surface area (TPSA) is 119 Å². The maximum absolute atomic E-state index is 12.8. The number of nitrogens with zero attached hydrogens (tertiary/aromatic N) is 6. The van der Waals surface area contributed by atoms with E-state index in [0.29, 0.717) is 31.4 Å². The van der Waals surface area contributed by atoms with E-state index in [4.69, 9.17) is 11.5 Å². The maximum atomic E-state index is 12.8. The fraction of sp³-hybridized carbons (Fsp3) is 0.280. The number of rotatable bonds is 5. The van der Waals surface area contributed by atoms with Crippen LogP contribution < -0.4 is 11.5 Å². The Labute approximate surface area is 198 Å². The minimum Gasteiger partial charge on any atom is -0.394 e. The van der Waals surface area contributed by atoms with E-state index in [2.05, 4.69) is 26.0 Å². The molecule has 3 aromatic heterocycles. The minimum atomic E-state index is -0.163. The highest BCUT2D eigenvalue weighted by Gasteiger charge is 2.32. The molecule has 0 bridgehead atoms. The summed E-state index contributed by atoms with van der Waals surface area (Å²) in [5, 5.41) is 4.28. The Hall–Kier alpha value is -4.14. The van der Waals surface area contributed by atoms with E-state index in [1.165, 1.54) is 0 Å². The third-order valence-electron chi connectivity index (χ3n) is 6.48. The van der Waals surface area contributed by atoms with Gasteiger partial charge in [-0.25, -0.2) is 4.68 Å². The summed E-state index contributed by atoms with van der Waals surface area (Å²) >= 11 is 0. The predicted molar refractivity (Wildman–Crippen MR) is 128 cm³/mol. The van der Waals surface area contributed by atoms with Crippen molar-refractivity contribution in [3.8, 4) is 5.69 Å². The van der Waals surface area contributed by atoms with Gasteiger partial charge in [0.05, 0.1) is 17.6 Å². The van der Waals surface area contributed by atoms with Gasteiger partial charge < -0.3 is 21.3 Å². The predicted octanol–water partition coefficient (Wildman–Crippen LogP) is 1.68. The van der Waals surface area contributed by atoms with Crippen LogP contribution in [0.1, 0.15) is 29.7 Å². The molecule has 1 fully saturated rings. The molecule has 0 spiro atoms. The van der Waals surface area contributed by atoms with E-state index in [1.54, 1.807) is 28.1 Å². The number of aromatic nitrogens is 4. The quantitative estimate of drug-likeness (QED) is 0.443. The van der Waals surface area contributed by atoms with Gasteiger partial charge in [-0.2, -0.15) is 5.10 Å². The number of hydrogen-bond donors (Lipinski definition) is 2. The average Bonchev–Trinajstić information content (AvgIpc) is 3.37. The van der Waals surface area contributed by atoms with Crippen LogP contribution in [0.25, 0.3) is 5.69 Å². The molecule has 9 nitrogen and oxygen atoms in total. The van der Waals surface area contributed by atoms with Gasteiger partial charge >= 0.3 is 0 Å². The van der Waals surface area contributed by atoms with Crippen molar-refractivity contribution >= 4 is 5.91 Å². The molecule has 0 unspecified atom stereocenters. The van der Waals surface area contributed by atoms with Crippen molar-refractivity contribution in [1.82, 2.24) is 29.5 Å². The zero-order valence-electron chi connectivity index (χ0n) is 19.1. The summed E-state index contributed by atoms with van der Waals surface area (Å²) in [6.45, 7) is 4.57. The van der Waals surface area contributed by atoms with Crippen LogP contribution in [0.2, 0.25) is 0 Å². The molecule has 5 heterocycles. The molecule has 5 rings (SSSR count). The molecule has 2 aliphatic rings. The van der Waals surface area contributed by atoms with E-state index in [1.807, 2.05) is 43.7 Å². The van der Waals surface area contributed by atoms with E-state index in [-0.39, 0.29) is 11.6 Å². The SMILES string of the molecule is CC(/C=C(\N)C(=O)N1CC(c2cccnc2)C1)=C(/N)N1CCc2ncc(-n3cccn3)cc2C1. The number of hydrogen-bond acceptors (Lipinski definition) is 7. The number of pyridine rings is 2. The summed E-state index contributed by atoms with van der Waals surface area (Å²) in [5.74, 6) is 0.757. The highest BCUT2D eigenvalue weighted by atomic mass is 16.2. The van der Waals surface area contributed by atoms with Crippen molar-refractivity contribution in [2.45, 2.75) is 25.8 Å². The number of amides is 1. The van der Waals surface area contributed by atoms with E-state index < -0.39 is 0 Å². The van der Waals surface area contributed by atoms with Crippen molar-refractivity contribution in [1.29, 1.82) is 0 Å². The second-order valence-electron chi connectivity index (χ2n) is 8.78. The molecule has 174 valence electrons. The van der Waals surface area contributed by atoms with Gasteiger partial charge in [-0.15, -0.1) is 0 Å². The molecule has 1 amide bonds. The van der Waals surface area contributed by atoms with Gasteiger partial charge in [0, 0.05) is 69.0 Å². The first-order valence-electron chi connectivity index (χ1n) is 11.3. The van der Waals surface area contributed by atoms with Crippen molar-refractivity contribution in [2.75, 3.05) is 19.6 Å². The second-order valence-corrected chi connectivity index (χ2v) is 8.78. The molecule has 3 aromatic rings. The molecule has 9 heteroatoms. The summed E-state index contributed by atoms with van der Waals surface area (Å²) in [5.41, 5.74) is 17.9. The Balaban J connectivity index is 1.25. The third kappa shape index (κ3) is 4.24. The number of fused-ring (bicyclic) bond motifs is 1. The van der Waals surface area contributed by atoms with Crippen LogP contribution in [0.5, 0.6) is 0 Å². The Morgan fingerprint density at radius 1 is 1.15 bits per heavy atom. The molecule has 2 aliphatic heterocycles. The third-order valence-corrected chi connectivity index (χ3v) is 6.48. The lowest BCUT2D eigenvalue weighted by molar-refractivity contribution is -0.131. The van der Waals surface area contributed by atoms with Gasteiger partial charge in [-0.1, -0.05) is 6.07 Å². The number of carbonyl (C=O) groups excluding carboxylic acids is 1. The number of carbonyl (C=O) groups is 1. The summed E-state index contributed by atoms with van der Waals surface area (Å²) < 4.78 is 1.79. The zero-order valence-corrected chi connectivity index (χ0v) is 19.1. The first kappa shape index (κ1) is 21.7. The molecule has 0 saturated carbocycles. The van der Waals surface area contributed by atoms with Crippen LogP contribution in [0.15, 0.2) is 78.4 Å². The molecular weight excluding hydrogens is 428 g/mol. The molecule has 0 radical (unpaired) electrons. The van der Waals surface area contributed by atoms with Gasteiger partial charge in [0.25, 0.3) is 5.91 Å². The molecule has 34 heavy (non-hydrogen) atoms. The van der Waals surface area contributed by atoms with Crippen molar-refractivity contribution in [3.05, 3.63) is 95.2 Å². The molecule has 0 atom stereocenters. The average molecular weight is 457 g/mol. The van der Waals surface area contributed by atoms with E-state index in [0.717, 1.165) is 41.0 Å². The number of allylic oxidation sites excluding steroid dienone is 2. The highest BCUT2D eigenvalue weighted by molar-refractivity contribution is 5.93. The molecule has 4 N–H and O–H groups in total. The van der Waals surface area contributed by atoms with Crippen molar-refractivity contribution < 1.29 is 4.79 Å². The van der Waals surface area contributed by atoms with Crippen LogP contribution in [-0.4, -0.2) is 55.1 Å². The zero-order chi connectivity index (χ0) is 23.7. The van der Waals surface area contributed by atoms with Gasteiger partial charge in [0.2, 0.25) is 0 Å². The second kappa shape index (κ2) is 9.01. The van der Waals surface area contributed by atoms with Crippen LogP contribution in [-0.2, 0) is 17.8 Å². The molecule has 1 saturated heterocycles. The van der Waals surface area contributed by atoms with Crippen LogP contribution in [0.3, 0.4) is 0 Å². The molecule has 0 aromatic carbocycles. The van der Waals surface area contributed by atoms with Gasteiger partial charge in [-0.05, 0) is 47.9 Å². The first-order valence-corrected chi connectivity index (χ1v) is 11.3. The minimum absolute atomic E-state index is 0.163. The monoisotopic (exact) mass is 456 g/mol. The summed E-state index contributed by atoms with van der Waals surface area (Å²) in [4.78, 5) is 25.4. The fourth-order valence-corrected chi connectivity index (χ4v) is 4.44. The van der Waals surface area contributed by atoms with Crippen LogP contribution >= 0.6 is 0 Å². The van der Waals surface area contributed by atoms with Crippen molar-refractivity contribution in [2.24, 2.45) is 11.5 Å². The lowest BCUT2D eigenvalue weighted by Crippen LogP contribution is -2.50. The van der Waals surface area contributed by atoms with Crippen LogP contribution in [0, 0.1) is 0 Å². The molecule has 0 aliphatic carbocycles. The highest BCUT2D eigenvalue weighted by Crippen LogP contribution is 2.27. The summed E-state index contributed by atoms with van der Waals surface area (Å²) in [6.07, 6.45) is 11.6. The van der Waals surface area contributed by atoms with E-state index >= 15 is 0 Å². The smallest absolute Gasteiger partial charge is 0.269 e. The molecular formula is C25H28N8O. The Morgan fingerprint density at radius 3 is 2.74 bits per heavy atom. The maximum Gasteiger partial charge on any atom is 0.269 e. The fourth-order valence-electron chi connectivity index (χ4n) is 4.44. The summed E-state index contributed by atoms with van der Waals surface area (Å²) in [6, 6.07) is 7.93. The van der Waals surface area contributed by atoms with E-state index in [9.17, 15) is 4.79 Å². The standard InChI is InChI=1S/C25H28N8O/c1-17(10-22(26)25(34)32-15-20(16-32)18-4-2-6-28-12-18)24(27)31-9-5-23-19(14-31)11-21(13-29-23)33-8-3-7-30-33/h2-4,6-8,10-13,20H,5,9,14-16,26-27H2,1H3/b22-10-,24-17+. The normalized spacial score (nSPS) is 17.1. The lowest BCUT2D eigenvalue weighted by atomic mass is 9.92. The first-order chi connectivity index (χ1) is 16.5. The number of nitrogens with two attached hydrogens (primary N) is 2. The Bertz CT molecular complexity index is 1240. The Morgan fingerprint density at radius 2 is 2.00 bits per heavy atom. The largest absolute Gasteiger partial charge is 0.394 e. The van der Waals surface area contributed by atoms with Gasteiger partial charge in [0.1, 0.15) is 5.82 Å².